The maximum Gasteiger partial charge on any atom is 0.349 e. The number of aryl methyl sites for hydroxylation is 1. The van der Waals surface area contributed by atoms with Gasteiger partial charge in [-0.2, -0.15) is 0 Å². The Kier molecular flexibility index (Phi) is 5.48. The molecule has 2 aromatic carbocycles. The second kappa shape index (κ2) is 7.82. The molecule has 138 valence electrons. The molecule has 6 nitrogen and oxygen atoms in total. The van der Waals surface area contributed by atoms with Crippen LogP contribution in [0, 0.1) is 6.92 Å². The Hall–Kier alpha value is -2.83. The molecule has 27 heavy (non-hydrogen) atoms. The first-order valence-corrected chi connectivity index (χ1v) is 8.48. The molecule has 0 aliphatic heterocycles. The molecule has 0 amide bonds. The van der Waals surface area contributed by atoms with Gasteiger partial charge in [-0.3, -0.25) is 4.79 Å². The van der Waals surface area contributed by atoms with Crippen molar-refractivity contribution >= 4 is 35.5 Å². The number of hydrogen-bond donors (Lipinski definition) is 0. The fraction of sp³-hybridized carbons (Fsp3) is 0.105. The highest BCUT2D eigenvalue weighted by atomic mass is 35.5. The summed E-state index contributed by atoms with van der Waals surface area (Å²) in [7, 11) is 1.40. The molecular formula is C19H13Cl2NO5. The maximum atomic E-state index is 12.9. The Morgan fingerprint density at radius 2 is 1.81 bits per heavy atom. The molecule has 0 saturated heterocycles. The van der Waals surface area contributed by atoms with Crippen molar-refractivity contribution in [2.75, 3.05) is 7.11 Å². The second-order valence-electron chi connectivity index (χ2n) is 5.45. The van der Waals surface area contributed by atoms with Gasteiger partial charge in [0, 0.05) is 5.56 Å². The van der Waals surface area contributed by atoms with Crippen LogP contribution in [0.2, 0.25) is 10.0 Å². The molecule has 0 spiro atoms. The van der Waals surface area contributed by atoms with E-state index >= 15 is 0 Å². The average Bonchev–Trinajstić information content (AvgIpc) is 3.03. The van der Waals surface area contributed by atoms with Gasteiger partial charge in [-0.25, -0.2) is 4.79 Å². The van der Waals surface area contributed by atoms with E-state index in [2.05, 4.69) is 5.16 Å². The first-order chi connectivity index (χ1) is 13.0. The highest BCUT2D eigenvalue weighted by Crippen LogP contribution is 2.38. The number of nitrogens with zero attached hydrogens (tertiary/aromatic N) is 1. The number of carbonyl (C=O) groups excluding carboxylic acids is 2. The molecule has 3 aromatic rings. The SMILES string of the molecule is COc1cccc(C=O)c1OC(=O)c1c(-c2c(Cl)cccc2Cl)noc1C. The Balaban J connectivity index is 2.08. The molecule has 3 rings (SSSR count). The number of methoxy groups -OCH3 is 1. The van der Waals surface area contributed by atoms with Gasteiger partial charge in [-0.15, -0.1) is 0 Å². The fourth-order valence-electron chi connectivity index (χ4n) is 2.55. The van der Waals surface area contributed by atoms with Crippen LogP contribution in [0.15, 0.2) is 40.9 Å². The molecule has 1 aromatic heterocycles. The zero-order chi connectivity index (χ0) is 19.6. The minimum absolute atomic E-state index is 0.00296. The van der Waals surface area contributed by atoms with Crippen molar-refractivity contribution in [2.24, 2.45) is 0 Å². The zero-order valence-corrected chi connectivity index (χ0v) is 15.8. The number of aromatic nitrogens is 1. The lowest BCUT2D eigenvalue weighted by Crippen LogP contribution is -2.12. The van der Waals surface area contributed by atoms with Crippen LogP contribution in [0.4, 0.5) is 0 Å². The largest absolute Gasteiger partial charge is 0.493 e. The van der Waals surface area contributed by atoms with Crippen LogP contribution >= 0.6 is 23.2 Å². The van der Waals surface area contributed by atoms with Gasteiger partial charge >= 0.3 is 5.97 Å². The summed E-state index contributed by atoms with van der Waals surface area (Å²) in [6.45, 7) is 1.56. The number of aldehydes is 1. The first-order valence-electron chi connectivity index (χ1n) is 7.73. The van der Waals surface area contributed by atoms with Gasteiger partial charge in [0.1, 0.15) is 17.0 Å². The van der Waals surface area contributed by atoms with Crippen LogP contribution in [0.3, 0.4) is 0 Å². The maximum absolute atomic E-state index is 12.9. The van der Waals surface area contributed by atoms with Crippen LogP contribution in [0.1, 0.15) is 26.5 Å². The third kappa shape index (κ3) is 3.54. The molecule has 1 heterocycles. The number of para-hydroxylation sites is 1. The van der Waals surface area contributed by atoms with Crippen LogP contribution in [-0.2, 0) is 0 Å². The van der Waals surface area contributed by atoms with Crippen LogP contribution < -0.4 is 9.47 Å². The minimum Gasteiger partial charge on any atom is -0.493 e. The highest BCUT2D eigenvalue weighted by Gasteiger charge is 2.27. The van der Waals surface area contributed by atoms with Gasteiger partial charge in [-0.05, 0) is 31.2 Å². The number of ether oxygens (including phenoxy) is 2. The van der Waals surface area contributed by atoms with Crippen LogP contribution in [0.25, 0.3) is 11.3 Å². The van der Waals surface area contributed by atoms with E-state index in [4.69, 9.17) is 37.2 Å². The van der Waals surface area contributed by atoms with E-state index in [0.717, 1.165) is 0 Å². The predicted molar refractivity (Wildman–Crippen MR) is 100 cm³/mol. The van der Waals surface area contributed by atoms with Gasteiger partial charge < -0.3 is 14.0 Å². The van der Waals surface area contributed by atoms with Crippen molar-refractivity contribution in [1.82, 2.24) is 5.16 Å². The summed E-state index contributed by atoms with van der Waals surface area (Å²) in [4.78, 5) is 24.2. The Labute approximate surface area is 164 Å². The Bertz CT molecular complexity index is 1010. The number of benzene rings is 2. The van der Waals surface area contributed by atoms with Crippen molar-refractivity contribution in [3.63, 3.8) is 0 Å². The fourth-order valence-corrected chi connectivity index (χ4v) is 3.12. The molecular weight excluding hydrogens is 393 g/mol. The molecule has 0 saturated carbocycles. The summed E-state index contributed by atoms with van der Waals surface area (Å²) < 4.78 is 15.8. The molecule has 0 atom stereocenters. The van der Waals surface area contributed by atoms with E-state index in [9.17, 15) is 9.59 Å². The monoisotopic (exact) mass is 405 g/mol. The molecule has 0 aliphatic rings. The topological polar surface area (TPSA) is 78.6 Å². The van der Waals surface area contributed by atoms with E-state index in [1.54, 1.807) is 37.3 Å². The van der Waals surface area contributed by atoms with Crippen molar-refractivity contribution in [3.05, 3.63) is 63.3 Å². The van der Waals surface area contributed by atoms with E-state index in [-0.39, 0.29) is 34.1 Å². The Morgan fingerprint density at radius 1 is 1.15 bits per heavy atom. The molecule has 0 radical (unpaired) electrons. The third-order valence-electron chi connectivity index (χ3n) is 3.82. The molecule has 0 N–H and O–H groups in total. The van der Waals surface area contributed by atoms with Crippen molar-refractivity contribution < 1.29 is 23.6 Å². The molecule has 0 fully saturated rings. The Morgan fingerprint density at radius 3 is 2.44 bits per heavy atom. The van der Waals surface area contributed by atoms with E-state index in [0.29, 0.717) is 21.9 Å². The van der Waals surface area contributed by atoms with Gasteiger partial charge in [-0.1, -0.05) is 40.5 Å². The molecule has 8 heteroatoms. The highest BCUT2D eigenvalue weighted by molar-refractivity contribution is 6.39. The second-order valence-corrected chi connectivity index (χ2v) is 6.26. The summed E-state index contributed by atoms with van der Waals surface area (Å²) in [6.07, 6.45) is 0.567. The minimum atomic E-state index is -0.785. The molecule has 0 bridgehead atoms. The summed E-state index contributed by atoms with van der Waals surface area (Å²) in [6, 6.07) is 9.59. The predicted octanol–water partition coefficient (Wildman–Crippen LogP) is 5.00. The summed E-state index contributed by atoms with van der Waals surface area (Å²) >= 11 is 12.4. The number of hydrogen-bond acceptors (Lipinski definition) is 6. The van der Waals surface area contributed by atoms with Gasteiger partial charge in [0.25, 0.3) is 0 Å². The molecule has 0 aliphatic carbocycles. The quantitative estimate of drug-likeness (QED) is 0.337. The van der Waals surface area contributed by atoms with Gasteiger partial charge in [0.2, 0.25) is 0 Å². The van der Waals surface area contributed by atoms with E-state index in [1.165, 1.54) is 13.2 Å². The van der Waals surface area contributed by atoms with Gasteiger partial charge in [0.15, 0.2) is 17.8 Å². The average molecular weight is 406 g/mol. The number of carbonyl (C=O) groups is 2. The number of esters is 1. The number of rotatable bonds is 5. The molecule has 0 unspecified atom stereocenters. The third-order valence-corrected chi connectivity index (χ3v) is 4.45. The first kappa shape index (κ1) is 18.9. The van der Waals surface area contributed by atoms with Crippen molar-refractivity contribution in [3.8, 4) is 22.8 Å². The lowest BCUT2D eigenvalue weighted by Gasteiger charge is -2.11. The zero-order valence-electron chi connectivity index (χ0n) is 14.3. The summed E-state index contributed by atoms with van der Waals surface area (Å²) in [5.41, 5.74) is 0.706. The van der Waals surface area contributed by atoms with Crippen LogP contribution in [-0.4, -0.2) is 24.5 Å². The standard InChI is InChI=1S/C19H13Cl2NO5/c1-10-15(17(22-27-10)16-12(20)6-4-7-13(16)21)19(24)26-18-11(9-23)5-3-8-14(18)25-2/h3-9H,1-2H3. The summed E-state index contributed by atoms with van der Waals surface area (Å²) in [5.74, 6) is -0.336. The van der Waals surface area contributed by atoms with Crippen molar-refractivity contribution in [2.45, 2.75) is 6.92 Å². The van der Waals surface area contributed by atoms with Gasteiger partial charge in [0.05, 0.1) is 22.7 Å². The van der Waals surface area contributed by atoms with E-state index < -0.39 is 5.97 Å². The normalized spacial score (nSPS) is 10.5. The van der Waals surface area contributed by atoms with Crippen molar-refractivity contribution in [1.29, 1.82) is 0 Å². The summed E-state index contributed by atoms with van der Waals surface area (Å²) in [5, 5.41) is 4.51. The lowest BCUT2D eigenvalue weighted by molar-refractivity contribution is 0.0727. The lowest BCUT2D eigenvalue weighted by atomic mass is 10.1. The van der Waals surface area contributed by atoms with E-state index in [1.807, 2.05) is 0 Å². The van der Waals surface area contributed by atoms with Crippen LogP contribution in [0.5, 0.6) is 11.5 Å². The number of halogens is 2. The smallest absolute Gasteiger partial charge is 0.349 e.